The largest absolute Gasteiger partial charge is 0.493 e. The minimum absolute atomic E-state index is 0.386. The molecule has 0 saturated heterocycles. The number of aromatic amines is 1. The summed E-state index contributed by atoms with van der Waals surface area (Å²) in [6, 6.07) is 13.4. The summed E-state index contributed by atoms with van der Waals surface area (Å²) < 4.78 is 18.6. The standard InChI is InChI=1S/C21H20N4O3S/c1-4-16-15(14-7-5-6-8-17(14)28-16)12-22-25-20(23-24-21(25)29)13-9-10-18(26-2)19(11-13)27-3/h5-12H,4H2,1-3H3,(H,24,29)/b22-12-. The molecule has 29 heavy (non-hydrogen) atoms. The highest BCUT2D eigenvalue weighted by molar-refractivity contribution is 7.71. The fourth-order valence-corrected chi connectivity index (χ4v) is 3.38. The molecule has 0 unspecified atom stereocenters. The zero-order valence-corrected chi connectivity index (χ0v) is 17.1. The van der Waals surface area contributed by atoms with Crippen LogP contribution in [0.15, 0.2) is 52.0 Å². The lowest BCUT2D eigenvalue weighted by molar-refractivity contribution is 0.355. The lowest BCUT2D eigenvalue weighted by Crippen LogP contribution is -1.97. The van der Waals surface area contributed by atoms with Gasteiger partial charge >= 0.3 is 0 Å². The second-order valence-corrected chi connectivity index (χ2v) is 6.65. The first-order chi connectivity index (χ1) is 14.2. The van der Waals surface area contributed by atoms with Crippen LogP contribution < -0.4 is 9.47 Å². The maximum absolute atomic E-state index is 5.94. The number of para-hydroxylation sites is 1. The van der Waals surface area contributed by atoms with E-state index in [0.717, 1.165) is 34.3 Å². The molecule has 2 aromatic carbocycles. The molecule has 0 aliphatic heterocycles. The minimum atomic E-state index is 0.386. The predicted molar refractivity (Wildman–Crippen MR) is 115 cm³/mol. The van der Waals surface area contributed by atoms with Crippen LogP contribution in [0, 0.1) is 4.77 Å². The number of aryl methyl sites for hydroxylation is 1. The van der Waals surface area contributed by atoms with Crippen LogP contribution in [0.2, 0.25) is 0 Å². The molecule has 1 N–H and O–H groups in total. The molecule has 8 heteroatoms. The van der Waals surface area contributed by atoms with Crippen LogP contribution in [0.25, 0.3) is 22.4 Å². The maximum Gasteiger partial charge on any atom is 0.216 e. The molecule has 0 saturated carbocycles. The van der Waals surface area contributed by atoms with E-state index in [1.54, 1.807) is 25.1 Å². The number of furan rings is 1. The van der Waals surface area contributed by atoms with Crippen LogP contribution in [-0.2, 0) is 6.42 Å². The Kier molecular flexibility index (Phi) is 5.18. The Labute approximate surface area is 172 Å². The van der Waals surface area contributed by atoms with Crippen LogP contribution in [-0.4, -0.2) is 35.3 Å². The quantitative estimate of drug-likeness (QED) is 0.366. The molecular weight excluding hydrogens is 388 g/mol. The monoisotopic (exact) mass is 408 g/mol. The molecule has 4 aromatic rings. The van der Waals surface area contributed by atoms with Gasteiger partial charge in [0.05, 0.1) is 20.4 Å². The van der Waals surface area contributed by atoms with Gasteiger partial charge in [0.15, 0.2) is 17.3 Å². The average molecular weight is 408 g/mol. The van der Waals surface area contributed by atoms with E-state index in [4.69, 9.17) is 26.1 Å². The number of fused-ring (bicyclic) bond motifs is 1. The second-order valence-electron chi connectivity index (χ2n) is 6.27. The zero-order chi connectivity index (χ0) is 20.4. The van der Waals surface area contributed by atoms with Gasteiger partial charge in [-0.3, -0.25) is 0 Å². The van der Waals surface area contributed by atoms with Crippen molar-refractivity contribution in [2.24, 2.45) is 5.10 Å². The molecule has 0 amide bonds. The van der Waals surface area contributed by atoms with E-state index in [1.807, 2.05) is 49.4 Å². The van der Waals surface area contributed by atoms with Crippen LogP contribution >= 0.6 is 12.2 Å². The number of rotatable bonds is 6. The van der Waals surface area contributed by atoms with Crippen molar-refractivity contribution < 1.29 is 13.9 Å². The molecule has 0 aliphatic carbocycles. The molecule has 2 heterocycles. The first-order valence-electron chi connectivity index (χ1n) is 9.10. The third kappa shape index (κ3) is 3.42. The Bertz CT molecular complexity index is 1250. The van der Waals surface area contributed by atoms with Gasteiger partial charge in [0.25, 0.3) is 0 Å². The maximum atomic E-state index is 5.94. The van der Waals surface area contributed by atoms with E-state index < -0.39 is 0 Å². The molecule has 0 aliphatic rings. The number of benzene rings is 2. The third-order valence-corrected chi connectivity index (χ3v) is 4.89. The minimum Gasteiger partial charge on any atom is -0.493 e. The SMILES string of the molecule is CCc1oc2ccccc2c1/C=N\n1c(-c2ccc(OC)c(OC)c2)n[nH]c1=S. The molecular formula is C21H20N4O3S. The number of H-pyrrole nitrogens is 1. The van der Waals surface area contributed by atoms with Crippen molar-refractivity contribution in [3.63, 3.8) is 0 Å². The molecule has 0 spiro atoms. The van der Waals surface area contributed by atoms with Gasteiger partial charge < -0.3 is 13.9 Å². The lowest BCUT2D eigenvalue weighted by atomic mass is 10.1. The molecule has 0 atom stereocenters. The Hall–Kier alpha value is -3.39. The van der Waals surface area contributed by atoms with Gasteiger partial charge in [0.1, 0.15) is 11.3 Å². The van der Waals surface area contributed by atoms with Crippen molar-refractivity contribution >= 4 is 29.4 Å². The highest BCUT2D eigenvalue weighted by Crippen LogP contribution is 2.31. The van der Waals surface area contributed by atoms with Crippen molar-refractivity contribution in [3.05, 3.63) is 58.6 Å². The van der Waals surface area contributed by atoms with Crippen molar-refractivity contribution in [3.8, 4) is 22.9 Å². The lowest BCUT2D eigenvalue weighted by Gasteiger charge is -2.09. The Morgan fingerprint density at radius 2 is 1.97 bits per heavy atom. The molecule has 7 nitrogen and oxygen atoms in total. The van der Waals surface area contributed by atoms with Gasteiger partial charge in [-0.25, -0.2) is 5.10 Å². The van der Waals surface area contributed by atoms with E-state index in [0.29, 0.717) is 22.1 Å². The number of hydrogen-bond acceptors (Lipinski definition) is 6. The van der Waals surface area contributed by atoms with E-state index in [1.165, 1.54) is 0 Å². The summed E-state index contributed by atoms with van der Waals surface area (Å²) in [6.07, 6.45) is 2.52. The first kappa shape index (κ1) is 18.9. The van der Waals surface area contributed by atoms with E-state index in [2.05, 4.69) is 15.3 Å². The van der Waals surface area contributed by atoms with Crippen molar-refractivity contribution in [1.29, 1.82) is 0 Å². The van der Waals surface area contributed by atoms with E-state index >= 15 is 0 Å². The number of nitrogens with one attached hydrogen (secondary N) is 1. The average Bonchev–Trinajstić information content (AvgIpc) is 3.31. The van der Waals surface area contributed by atoms with Crippen LogP contribution in [0.3, 0.4) is 0 Å². The first-order valence-corrected chi connectivity index (χ1v) is 9.51. The molecule has 4 rings (SSSR count). The molecule has 0 fully saturated rings. The van der Waals surface area contributed by atoms with Crippen molar-refractivity contribution in [1.82, 2.24) is 14.9 Å². The summed E-state index contributed by atoms with van der Waals surface area (Å²) in [5, 5.41) is 12.8. The number of methoxy groups -OCH3 is 2. The van der Waals surface area contributed by atoms with Gasteiger partial charge in [-0.1, -0.05) is 25.1 Å². The van der Waals surface area contributed by atoms with Gasteiger partial charge in [0.2, 0.25) is 4.77 Å². The molecule has 2 aromatic heterocycles. The smallest absolute Gasteiger partial charge is 0.216 e. The fourth-order valence-electron chi connectivity index (χ4n) is 3.20. The Morgan fingerprint density at radius 3 is 2.72 bits per heavy atom. The number of ether oxygens (including phenoxy) is 2. The van der Waals surface area contributed by atoms with Crippen LogP contribution in [0.4, 0.5) is 0 Å². The van der Waals surface area contributed by atoms with E-state index in [9.17, 15) is 0 Å². The summed E-state index contributed by atoms with van der Waals surface area (Å²) in [5.74, 6) is 2.68. The van der Waals surface area contributed by atoms with Crippen molar-refractivity contribution in [2.45, 2.75) is 13.3 Å². The molecule has 0 bridgehead atoms. The molecule has 148 valence electrons. The third-order valence-electron chi connectivity index (χ3n) is 4.63. The van der Waals surface area contributed by atoms with Gasteiger partial charge in [-0.05, 0) is 36.5 Å². The Morgan fingerprint density at radius 1 is 1.17 bits per heavy atom. The zero-order valence-electron chi connectivity index (χ0n) is 16.3. The second kappa shape index (κ2) is 7.92. The van der Waals surface area contributed by atoms with Gasteiger partial charge in [0, 0.05) is 22.9 Å². The highest BCUT2D eigenvalue weighted by atomic mass is 32.1. The highest BCUT2D eigenvalue weighted by Gasteiger charge is 2.14. The Balaban J connectivity index is 1.79. The summed E-state index contributed by atoms with van der Waals surface area (Å²) in [5.41, 5.74) is 2.56. The normalized spacial score (nSPS) is 11.4. The van der Waals surface area contributed by atoms with Gasteiger partial charge in [-0.15, -0.1) is 0 Å². The number of aromatic nitrogens is 3. The predicted octanol–water partition coefficient (Wildman–Crippen LogP) is 4.82. The van der Waals surface area contributed by atoms with Crippen LogP contribution in [0.5, 0.6) is 11.5 Å². The van der Waals surface area contributed by atoms with Crippen LogP contribution in [0.1, 0.15) is 18.2 Å². The number of hydrogen-bond donors (Lipinski definition) is 1. The van der Waals surface area contributed by atoms with Crippen molar-refractivity contribution in [2.75, 3.05) is 14.2 Å². The fraction of sp³-hybridized carbons (Fsp3) is 0.190. The molecule has 0 radical (unpaired) electrons. The van der Waals surface area contributed by atoms with Gasteiger partial charge in [-0.2, -0.15) is 14.9 Å². The van der Waals surface area contributed by atoms with E-state index in [-0.39, 0.29) is 0 Å². The summed E-state index contributed by atoms with van der Waals surface area (Å²) in [6.45, 7) is 2.05. The topological polar surface area (TPSA) is 77.6 Å². The summed E-state index contributed by atoms with van der Waals surface area (Å²) in [7, 11) is 3.19. The summed E-state index contributed by atoms with van der Waals surface area (Å²) >= 11 is 5.39. The number of nitrogens with zero attached hydrogens (tertiary/aromatic N) is 3. The summed E-state index contributed by atoms with van der Waals surface area (Å²) in [4.78, 5) is 0.